The summed E-state index contributed by atoms with van der Waals surface area (Å²) in [5.41, 5.74) is 0.981. The Kier molecular flexibility index (Phi) is 1.35. The van der Waals surface area contributed by atoms with Crippen LogP contribution in [-0.4, -0.2) is 0 Å². The van der Waals surface area contributed by atoms with E-state index in [0.29, 0.717) is 0 Å². The summed E-state index contributed by atoms with van der Waals surface area (Å²) in [6.45, 7) is 2.08. The van der Waals surface area contributed by atoms with Crippen LogP contribution in [-0.2, 0) is 0 Å². The molecule has 0 aliphatic carbocycles. The largest absolute Gasteiger partial charge is 0.448 e. The molecule has 2 aromatic rings. The molecule has 0 aliphatic rings. The minimum Gasteiger partial charge on any atom is -0.448 e. The molecule has 2 rings (SSSR count). The second-order valence-corrected chi connectivity index (χ2v) is 4.21. The van der Waals surface area contributed by atoms with Crippen LogP contribution >= 0.6 is 27.3 Å². The van der Waals surface area contributed by atoms with Gasteiger partial charge in [-0.3, -0.25) is 0 Å². The van der Waals surface area contributed by atoms with E-state index in [2.05, 4.69) is 22.9 Å². The number of fused-ring (bicyclic) bond motifs is 1. The van der Waals surface area contributed by atoms with Crippen LogP contribution in [0, 0.1) is 6.92 Å². The van der Waals surface area contributed by atoms with Crippen LogP contribution in [0.15, 0.2) is 21.2 Å². The van der Waals surface area contributed by atoms with Crippen molar-refractivity contribution in [3.05, 3.63) is 21.7 Å². The second-order valence-electron chi connectivity index (χ2n) is 2.14. The van der Waals surface area contributed by atoms with E-state index < -0.39 is 0 Å². The third kappa shape index (κ3) is 0.896. The smallest absolute Gasteiger partial charge is 0.171 e. The fourth-order valence-corrected chi connectivity index (χ4v) is 2.36. The molecule has 0 atom stereocenters. The van der Waals surface area contributed by atoms with Gasteiger partial charge in [0.25, 0.3) is 0 Å². The summed E-state index contributed by atoms with van der Waals surface area (Å²) in [5.74, 6) is 0. The molecule has 0 radical (unpaired) electrons. The van der Waals surface area contributed by atoms with Crippen LogP contribution in [0.5, 0.6) is 0 Å². The van der Waals surface area contributed by atoms with E-state index in [1.807, 2.05) is 12.1 Å². The lowest BCUT2D eigenvalue weighted by Gasteiger charge is -1.74. The Morgan fingerprint density at radius 3 is 3.00 bits per heavy atom. The van der Waals surface area contributed by atoms with Crippen molar-refractivity contribution in [1.29, 1.82) is 0 Å². The van der Waals surface area contributed by atoms with Crippen LogP contribution in [0.4, 0.5) is 0 Å². The molecule has 0 bridgehead atoms. The lowest BCUT2D eigenvalue weighted by atomic mass is 10.5. The first kappa shape index (κ1) is 6.43. The van der Waals surface area contributed by atoms with Crippen LogP contribution in [0.25, 0.3) is 10.3 Å². The van der Waals surface area contributed by atoms with Crippen LogP contribution in [0.2, 0.25) is 0 Å². The molecule has 0 fully saturated rings. The van der Waals surface area contributed by atoms with Crippen molar-refractivity contribution in [2.45, 2.75) is 6.92 Å². The first-order valence-corrected chi connectivity index (χ1v) is 4.52. The van der Waals surface area contributed by atoms with E-state index >= 15 is 0 Å². The Labute approximate surface area is 70.8 Å². The summed E-state index contributed by atoms with van der Waals surface area (Å²) < 4.78 is 7.34. The van der Waals surface area contributed by atoms with Crippen molar-refractivity contribution < 1.29 is 4.42 Å². The van der Waals surface area contributed by atoms with Crippen LogP contribution in [0.3, 0.4) is 0 Å². The molecule has 0 spiro atoms. The van der Waals surface area contributed by atoms with E-state index in [0.717, 1.165) is 10.3 Å². The molecule has 2 aromatic heterocycles. The average Bonchev–Trinajstić information content (AvgIpc) is 2.21. The molecule has 0 N–H and O–H groups in total. The van der Waals surface area contributed by atoms with Gasteiger partial charge in [-0.1, -0.05) is 0 Å². The molecule has 1 nitrogen and oxygen atoms in total. The van der Waals surface area contributed by atoms with Gasteiger partial charge in [0.2, 0.25) is 0 Å². The van der Waals surface area contributed by atoms with Crippen molar-refractivity contribution >= 4 is 37.5 Å². The zero-order valence-electron chi connectivity index (χ0n) is 5.35. The summed E-state index contributed by atoms with van der Waals surface area (Å²) in [6.07, 6.45) is 0. The van der Waals surface area contributed by atoms with Gasteiger partial charge in [-0.2, -0.15) is 0 Å². The van der Waals surface area contributed by atoms with Gasteiger partial charge in [0, 0.05) is 10.9 Å². The van der Waals surface area contributed by atoms with E-state index in [-0.39, 0.29) is 0 Å². The molecule has 52 valence electrons. The first-order valence-electron chi connectivity index (χ1n) is 2.91. The quantitative estimate of drug-likeness (QED) is 0.657. The van der Waals surface area contributed by atoms with Gasteiger partial charge in [-0.15, -0.1) is 11.3 Å². The fourth-order valence-electron chi connectivity index (χ4n) is 0.927. The summed E-state index contributed by atoms with van der Waals surface area (Å²) >= 11 is 5.02. The van der Waals surface area contributed by atoms with Gasteiger partial charge in [0.05, 0.1) is 4.70 Å². The van der Waals surface area contributed by atoms with Gasteiger partial charge in [-0.05, 0) is 28.9 Å². The van der Waals surface area contributed by atoms with Gasteiger partial charge < -0.3 is 4.42 Å². The zero-order valence-corrected chi connectivity index (χ0v) is 7.75. The molecule has 3 heteroatoms. The average molecular weight is 217 g/mol. The molecular formula is C7H5BrOS. The SMILES string of the molecule is Cc1cc2oc(Br)cc2s1. The van der Waals surface area contributed by atoms with Gasteiger partial charge >= 0.3 is 0 Å². The van der Waals surface area contributed by atoms with Gasteiger partial charge in [-0.25, -0.2) is 0 Å². The van der Waals surface area contributed by atoms with Crippen molar-refractivity contribution in [2.24, 2.45) is 0 Å². The Morgan fingerprint density at radius 2 is 2.30 bits per heavy atom. The Bertz CT molecular complexity index is 297. The second kappa shape index (κ2) is 2.10. The van der Waals surface area contributed by atoms with Gasteiger partial charge in [0.1, 0.15) is 5.58 Å². The Balaban J connectivity index is 2.83. The maximum absolute atomic E-state index is 5.32. The Morgan fingerprint density at radius 1 is 1.50 bits per heavy atom. The highest BCUT2D eigenvalue weighted by atomic mass is 79.9. The fraction of sp³-hybridized carbons (Fsp3) is 0.143. The summed E-state index contributed by atoms with van der Waals surface area (Å²) in [7, 11) is 0. The van der Waals surface area contributed by atoms with Gasteiger partial charge in [0.15, 0.2) is 4.67 Å². The van der Waals surface area contributed by atoms with Crippen molar-refractivity contribution in [2.75, 3.05) is 0 Å². The minimum absolute atomic E-state index is 0.814. The van der Waals surface area contributed by atoms with Crippen molar-refractivity contribution in [1.82, 2.24) is 0 Å². The predicted molar refractivity (Wildman–Crippen MR) is 46.5 cm³/mol. The lowest BCUT2D eigenvalue weighted by molar-refractivity contribution is 0.588. The van der Waals surface area contributed by atoms with Crippen molar-refractivity contribution in [3.8, 4) is 0 Å². The number of hydrogen-bond donors (Lipinski definition) is 0. The molecule has 0 saturated carbocycles. The van der Waals surface area contributed by atoms with E-state index in [1.54, 1.807) is 11.3 Å². The predicted octanol–water partition coefficient (Wildman–Crippen LogP) is 3.57. The number of thiophene rings is 1. The Hall–Kier alpha value is -0.280. The highest BCUT2D eigenvalue weighted by molar-refractivity contribution is 9.10. The molecule has 2 heterocycles. The summed E-state index contributed by atoms with van der Waals surface area (Å²) in [4.78, 5) is 1.29. The van der Waals surface area contributed by atoms with E-state index in [4.69, 9.17) is 4.42 Å². The maximum Gasteiger partial charge on any atom is 0.171 e. The number of aryl methyl sites for hydroxylation is 1. The van der Waals surface area contributed by atoms with Crippen LogP contribution < -0.4 is 0 Å². The van der Waals surface area contributed by atoms with Crippen LogP contribution in [0.1, 0.15) is 4.88 Å². The lowest BCUT2D eigenvalue weighted by Crippen LogP contribution is -1.49. The monoisotopic (exact) mass is 216 g/mol. The zero-order chi connectivity index (χ0) is 7.14. The third-order valence-electron chi connectivity index (χ3n) is 1.30. The number of rotatable bonds is 0. The molecule has 0 amide bonds. The molecule has 0 unspecified atom stereocenters. The molecule has 0 aromatic carbocycles. The number of furan rings is 1. The standard InChI is InChI=1S/C7H5BrOS/c1-4-2-5-6(10-4)3-7(8)9-5/h2-3H,1H3. The van der Waals surface area contributed by atoms with Crippen molar-refractivity contribution in [3.63, 3.8) is 0 Å². The van der Waals surface area contributed by atoms with E-state index in [9.17, 15) is 0 Å². The summed E-state index contributed by atoms with van der Waals surface area (Å²) in [6, 6.07) is 4.04. The molecule has 0 aliphatic heterocycles. The highest BCUT2D eigenvalue weighted by Crippen LogP contribution is 2.30. The number of halogens is 1. The summed E-state index contributed by atoms with van der Waals surface area (Å²) in [5, 5.41) is 0. The topological polar surface area (TPSA) is 13.1 Å². The molecule has 10 heavy (non-hydrogen) atoms. The highest BCUT2D eigenvalue weighted by Gasteiger charge is 2.02. The maximum atomic E-state index is 5.32. The van der Waals surface area contributed by atoms with E-state index in [1.165, 1.54) is 9.58 Å². The normalized spacial score (nSPS) is 11.0. The molecule has 0 saturated heterocycles. The number of hydrogen-bond acceptors (Lipinski definition) is 2. The molecular weight excluding hydrogens is 212 g/mol. The first-order chi connectivity index (χ1) is 4.75. The third-order valence-corrected chi connectivity index (χ3v) is 2.67. The minimum atomic E-state index is 0.814.